The SMILES string of the molecule is C[C@@]1(Cc2ccc(C#N)cc2)C(=O)N(c2cc(Cl)cc(Cl)c2)c2ncc(S(N)(=O)=O)n21. The van der Waals surface area contributed by atoms with E-state index in [9.17, 15) is 13.2 Å². The first kappa shape index (κ1) is 21.3. The second-order valence-corrected chi connectivity index (χ2v) is 9.69. The Labute approximate surface area is 188 Å². The molecule has 0 fully saturated rings. The average molecular weight is 476 g/mol. The molecule has 0 aliphatic carbocycles. The molecule has 1 aliphatic heterocycles. The summed E-state index contributed by atoms with van der Waals surface area (Å²) >= 11 is 12.2. The fraction of sp³-hybridized carbons (Fsp3) is 0.150. The highest BCUT2D eigenvalue weighted by Crippen LogP contribution is 2.44. The maximum absolute atomic E-state index is 13.7. The van der Waals surface area contributed by atoms with E-state index in [-0.39, 0.29) is 17.4 Å². The summed E-state index contributed by atoms with van der Waals surface area (Å²) < 4.78 is 25.8. The molecule has 0 spiro atoms. The molecule has 2 aromatic carbocycles. The Hall–Kier alpha value is -2.90. The van der Waals surface area contributed by atoms with Gasteiger partial charge in [-0.15, -0.1) is 0 Å². The maximum atomic E-state index is 13.7. The molecule has 1 aromatic heterocycles. The molecule has 1 atom stereocenters. The quantitative estimate of drug-likeness (QED) is 0.619. The standard InChI is InChI=1S/C20H15Cl2N5O3S/c1-20(9-12-2-4-13(10-23)5-3-12)18(28)26(16-7-14(21)6-15(22)8-16)19-25-11-17(27(19)20)31(24,29)30/h2-8,11H,9H2,1H3,(H2,24,29,30)/t20-/m1/s1. The summed E-state index contributed by atoms with van der Waals surface area (Å²) in [5, 5.41) is 14.7. The summed E-state index contributed by atoms with van der Waals surface area (Å²) in [6, 6.07) is 13.3. The van der Waals surface area contributed by atoms with Crippen molar-refractivity contribution >= 4 is 50.8 Å². The number of primary sulfonamides is 1. The van der Waals surface area contributed by atoms with E-state index >= 15 is 0 Å². The molecule has 0 radical (unpaired) electrons. The number of benzene rings is 2. The number of halogens is 2. The largest absolute Gasteiger partial charge is 0.284 e. The fourth-order valence-corrected chi connectivity index (χ4v) is 4.98. The van der Waals surface area contributed by atoms with E-state index in [2.05, 4.69) is 4.98 Å². The smallest absolute Gasteiger partial charge is 0.260 e. The number of carbonyl (C=O) groups is 1. The molecule has 3 aromatic rings. The predicted octanol–water partition coefficient (Wildman–Crippen LogP) is 3.35. The highest BCUT2D eigenvalue weighted by molar-refractivity contribution is 7.89. The van der Waals surface area contributed by atoms with Crippen molar-refractivity contribution in [1.82, 2.24) is 9.55 Å². The van der Waals surface area contributed by atoms with Gasteiger partial charge >= 0.3 is 0 Å². The van der Waals surface area contributed by atoms with Crippen LogP contribution in [0.2, 0.25) is 10.0 Å². The molecular formula is C20H15Cl2N5O3S. The molecule has 4 rings (SSSR count). The Bertz CT molecular complexity index is 1340. The monoisotopic (exact) mass is 475 g/mol. The van der Waals surface area contributed by atoms with E-state index < -0.39 is 21.5 Å². The van der Waals surface area contributed by atoms with Gasteiger partial charge in [0.05, 0.1) is 23.5 Å². The first-order chi connectivity index (χ1) is 14.5. The molecule has 11 heteroatoms. The number of imidazole rings is 1. The van der Waals surface area contributed by atoms with Gasteiger partial charge in [-0.1, -0.05) is 35.3 Å². The summed E-state index contributed by atoms with van der Waals surface area (Å²) in [7, 11) is -4.18. The van der Waals surface area contributed by atoms with E-state index in [1.165, 1.54) is 27.7 Å². The Morgan fingerprint density at radius 3 is 2.32 bits per heavy atom. The van der Waals surface area contributed by atoms with Crippen molar-refractivity contribution in [2.75, 3.05) is 4.90 Å². The van der Waals surface area contributed by atoms with Crippen LogP contribution in [0.5, 0.6) is 0 Å². The number of hydrogen-bond acceptors (Lipinski definition) is 5. The van der Waals surface area contributed by atoms with Crippen molar-refractivity contribution < 1.29 is 13.2 Å². The zero-order valence-electron chi connectivity index (χ0n) is 16.1. The van der Waals surface area contributed by atoms with Crippen LogP contribution in [-0.4, -0.2) is 23.9 Å². The topological polar surface area (TPSA) is 122 Å². The Morgan fingerprint density at radius 1 is 1.16 bits per heavy atom. The first-order valence-electron chi connectivity index (χ1n) is 8.95. The number of nitriles is 1. The fourth-order valence-electron chi connectivity index (χ4n) is 3.73. The van der Waals surface area contributed by atoms with E-state index in [1.807, 2.05) is 6.07 Å². The molecule has 2 N–H and O–H groups in total. The first-order valence-corrected chi connectivity index (χ1v) is 11.3. The molecule has 31 heavy (non-hydrogen) atoms. The van der Waals surface area contributed by atoms with Gasteiger partial charge in [-0.25, -0.2) is 23.4 Å². The number of amides is 1. The molecule has 0 saturated heterocycles. The van der Waals surface area contributed by atoms with Crippen molar-refractivity contribution in [3.05, 3.63) is 69.8 Å². The molecule has 1 amide bonds. The Morgan fingerprint density at radius 2 is 1.77 bits per heavy atom. The molecule has 0 saturated carbocycles. The molecule has 0 unspecified atom stereocenters. The predicted molar refractivity (Wildman–Crippen MR) is 116 cm³/mol. The van der Waals surface area contributed by atoms with E-state index in [1.54, 1.807) is 31.2 Å². The molecular weight excluding hydrogens is 461 g/mol. The van der Waals surface area contributed by atoms with Crippen LogP contribution in [0, 0.1) is 11.3 Å². The third-order valence-electron chi connectivity index (χ3n) is 5.10. The van der Waals surface area contributed by atoms with Gasteiger partial charge in [-0.3, -0.25) is 9.36 Å². The Balaban J connectivity index is 1.91. The molecule has 8 nitrogen and oxygen atoms in total. The number of fused-ring (bicyclic) bond motifs is 1. The third kappa shape index (κ3) is 3.58. The lowest BCUT2D eigenvalue weighted by molar-refractivity contribution is -0.124. The summed E-state index contributed by atoms with van der Waals surface area (Å²) in [6.45, 7) is 1.61. The van der Waals surface area contributed by atoms with Gasteiger partial charge in [0.1, 0.15) is 5.54 Å². The lowest BCUT2D eigenvalue weighted by Crippen LogP contribution is -2.42. The van der Waals surface area contributed by atoms with Crippen LogP contribution in [-0.2, 0) is 26.8 Å². The molecule has 1 aliphatic rings. The second kappa shape index (κ2) is 7.35. The lowest BCUT2D eigenvalue weighted by atomic mass is 9.91. The summed E-state index contributed by atoms with van der Waals surface area (Å²) in [5.74, 6) is -0.341. The lowest BCUT2D eigenvalue weighted by Gasteiger charge is -2.26. The van der Waals surface area contributed by atoms with E-state index in [4.69, 9.17) is 33.6 Å². The van der Waals surface area contributed by atoms with E-state index in [0.717, 1.165) is 11.8 Å². The number of sulfonamides is 1. The minimum atomic E-state index is -4.18. The maximum Gasteiger partial charge on any atom is 0.260 e. The molecule has 2 heterocycles. The van der Waals surface area contributed by atoms with Gasteiger partial charge in [-0.05, 0) is 42.8 Å². The number of aromatic nitrogens is 2. The number of anilines is 2. The third-order valence-corrected chi connectivity index (χ3v) is 6.40. The van der Waals surface area contributed by atoms with Gasteiger partial charge in [0.15, 0.2) is 5.03 Å². The highest BCUT2D eigenvalue weighted by Gasteiger charge is 2.51. The van der Waals surface area contributed by atoms with Crippen LogP contribution in [0.15, 0.2) is 53.7 Å². The van der Waals surface area contributed by atoms with Crippen LogP contribution in [0.25, 0.3) is 0 Å². The number of nitrogens with zero attached hydrogens (tertiary/aromatic N) is 4. The van der Waals surface area contributed by atoms with Crippen molar-refractivity contribution in [1.29, 1.82) is 5.26 Å². The second-order valence-electron chi connectivity index (χ2n) is 7.30. The van der Waals surface area contributed by atoms with Crippen LogP contribution in [0.3, 0.4) is 0 Å². The van der Waals surface area contributed by atoms with Crippen molar-refractivity contribution in [3.8, 4) is 6.07 Å². The minimum Gasteiger partial charge on any atom is -0.284 e. The number of nitrogens with two attached hydrogens (primary N) is 1. The van der Waals surface area contributed by atoms with Gasteiger partial charge in [-0.2, -0.15) is 5.26 Å². The van der Waals surface area contributed by atoms with Crippen molar-refractivity contribution in [2.24, 2.45) is 5.14 Å². The number of rotatable bonds is 4. The summed E-state index contributed by atoms with van der Waals surface area (Å²) in [4.78, 5) is 19.1. The Kier molecular flexibility index (Phi) is 5.06. The number of hydrogen-bond donors (Lipinski definition) is 1. The van der Waals surface area contributed by atoms with Gasteiger partial charge in [0, 0.05) is 16.5 Å². The molecule has 0 bridgehead atoms. The minimum absolute atomic E-state index is 0.0866. The van der Waals surface area contributed by atoms with Crippen LogP contribution in [0.1, 0.15) is 18.1 Å². The van der Waals surface area contributed by atoms with Gasteiger partial charge in [0.2, 0.25) is 5.95 Å². The number of carbonyl (C=O) groups excluding carboxylic acids is 1. The normalized spacial score (nSPS) is 18.2. The summed E-state index contributed by atoms with van der Waals surface area (Å²) in [5.41, 5.74) is 0.173. The summed E-state index contributed by atoms with van der Waals surface area (Å²) in [6.07, 6.45) is 1.25. The van der Waals surface area contributed by atoms with Crippen LogP contribution >= 0.6 is 23.2 Å². The van der Waals surface area contributed by atoms with Gasteiger partial charge in [0.25, 0.3) is 15.9 Å². The van der Waals surface area contributed by atoms with Gasteiger partial charge < -0.3 is 0 Å². The van der Waals surface area contributed by atoms with Crippen LogP contribution in [0.4, 0.5) is 11.6 Å². The zero-order chi connectivity index (χ0) is 22.6. The highest BCUT2D eigenvalue weighted by atomic mass is 35.5. The van der Waals surface area contributed by atoms with E-state index in [0.29, 0.717) is 21.3 Å². The van der Waals surface area contributed by atoms with Crippen LogP contribution < -0.4 is 10.0 Å². The van der Waals surface area contributed by atoms with Crippen molar-refractivity contribution in [3.63, 3.8) is 0 Å². The average Bonchev–Trinajstić information content (AvgIpc) is 3.21. The molecule has 158 valence electrons. The van der Waals surface area contributed by atoms with Crippen molar-refractivity contribution in [2.45, 2.75) is 23.9 Å². The zero-order valence-corrected chi connectivity index (χ0v) is 18.4.